The number of carbonyl (C=O) groups excluding carboxylic acids is 1. The zero-order chi connectivity index (χ0) is 24.0. The molecule has 176 valence electrons. The number of nitrogens with one attached hydrogen (secondary N) is 3. The Morgan fingerprint density at radius 2 is 2.06 bits per heavy atom. The van der Waals surface area contributed by atoms with Gasteiger partial charge in [0.2, 0.25) is 11.9 Å². The van der Waals surface area contributed by atoms with Gasteiger partial charge >= 0.3 is 0 Å². The fourth-order valence-electron chi connectivity index (χ4n) is 4.09. The van der Waals surface area contributed by atoms with Gasteiger partial charge in [-0.1, -0.05) is 36.4 Å². The van der Waals surface area contributed by atoms with Crippen LogP contribution in [-0.4, -0.2) is 40.6 Å². The highest BCUT2D eigenvalue weighted by Crippen LogP contribution is 2.31. The van der Waals surface area contributed by atoms with Gasteiger partial charge in [-0.2, -0.15) is 0 Å². The Hall–Kier alpha value is -4.14. The highest BCUT2D eigenvalue weighted by atomic mass is 16.5. The van der Waals surface area contributed by atoms with Crippen molar-refractivity contribution in [2.24, 2.45) is 0 Å². The van der Waals surface area contributed by atoms with Crippen molar-refractivity contribution in [1.82, 2.24) is 20.3 Å². The van der Waals surface area contributed by atoms with E-state index in [9.17, 15) is 4.79 Å². The minimum absolute atomic E-state index is 0.135. The van der Waals surface area contributed by atoms with Crippen LogP contribution in [0.2, 0.25) is 0 Å². The van der Waals surface area contributed by atoms with Crippen molar-refractivity contribution in [1.29, 1.82) is 0 Å². The number of rotatable bonds is 6. The fraction of sp³-hybridized carbons (Fsp3) is 0.185. The van der Waals surface area contributed by atoms with E-state index in [-0.39, 0.29) is 12.0 Å². The maximum absolute atomic E-state index is 12.0. The molecule has 3 N–H and O–H groups in total. The summed E-state index contributed by atoms with van der Waals surface area (Å²) in [5, 5.41) is 10.5. The molecule has 2 aromatic carbocycles. The predicted molar refractivity (Wildman–Crippen MR) is 138 cm³/mol. The van der Waals surface area contributed by atoms with Crippen LogP contribution in [-0.2, 0) is 9.53 Å². The zero-order valence-electron chi connectivity index (χ0n) is 19.4. The summed E-state index contributed by atoms with van der Waals surface area (Å²) in [6.07, 6.45) is 6.64. The highest BCUT2D eigenvalue weighted by molar-refractivity contribution is 6.00. The van der Waals surface area contributed by atoms with Crippen LogP contribution in [0.3, 0.4) is 0 Å². The van der Waals surface area contributed by atoms with Gasteiger partial charge in [0.05, 0.1) is 23.5 Å². The first-order valence-electron chi connectivity index (χ1n) is 11.6. The lowest BCUT2D eigenvalue weighted by Gasteiger charge is -2.24. The van der Waals surface area contributed by atoms with Gasteiger partial charge in [-0.15, -0.1) is 0 Å². The van der Waals surface area contributed by atoms with E-state index in [0.717, 1.165) is 45.6 Å². The van der Waals surface area contributed by atoms with E-state index in [4.69, 9.17) is 9.72 Å². The fourth-order valence-corrected chi connectivity index (χ4v) is 4.09. The number of pyridine rings is 1. The van der Waals surface area contributed by atoms with Gasteiger partial charge in [-0.05, 0) is 42.8 Å². The molecular weight excluding hydrogens is 440 g/mol. The molecule has 4 aromatic rings. The Labute approximate surface area is 203 Å². The average Bonchev–Trinajstić information content (AvgIpc) is 2.89. The van der Waals surface area contributed by atoms with Crippen molar-refractivity contribution < 1.29 is 9.53 Å². The molecule has 2 aromatic heterocycles. The Morgan fingerprint density at radius 1 is 1.14 bits per heavy atom. The standard InChI is InChI=1S/C27H26N6O2/c1-2-6-24(34)31-20-9-3-7-18(15-20)21-10-4-8-19-16-30-27(33-25(19)21)32-22-11-5-12-29-26(22)23-17-28-13-14-35-23/h2-12,15-16,23,28H,13-14,17H2,1H3,(H,31,34)(H,30,32,33)/b6-2-. The topological polar surface area (TPSA) is 101 Å². The van der Waals surface area contributed by atoms with Crippen molar-refractivity contribution in [3.8, 4) is 11.1 Å². The van der Waals surface area contributed by atoms with Crippen molar-refractivity contribution in [2.45, 2.75) is 13.0 Å². The van der Waals surface area contributed by atoms with Gasteiger partial charge in [-0.3, -0.25) is 9.78 Å². The molecule has 0 saturated carbocycles. The van der Waals surface area contributed by atoms with E-state index in [2.05, 4.69) is 25.9 Å². The molecule has 5 rings (SSSR count). The normalized spacial score (nSPS) is 15.9. The number of nitrogens with zero attached hydrogens (tertiary/aromatic N) is 3. The van der Waals surface area contributed by atoms with E-state index in [1.165, 1.54) is 6.08 Å². The number of morpholine rings is 1. The van der Waals surface area contributed by atoms with Crippen molar-refractivity contribution >= 4 is 34.1 Å². The summed E-state index contributed by atoms with van der Waals surface area (Å²) in [6.45, 7) is 3.99. The summed E-state index contributed by atoms with van der Waals surface area (Å²) in [6, 6.07) is 17.5. The first-order valence-corrected chi connectivity index (χ1v) is 11.6. The van der Waals surface area contributed by atoms with Crippen molar-refractivity contribution in [3.05, 3.63) is 84.8 Å². The third-order valence-electron chi connectivity index (χ3n) is 5.69. The second-order valence-electron chi connectivity index (χ2n) is 8.13. The number of carbonyl (C=O) groups is 1. The van der Waals surface area contributed by atoms with Crippen molar-refractivity contribution in [2.75, 3.05) is 30.3 Å². The monoisotopic (exact) mass is 466 g/mol. The van der Waals surface area contributed by atoms with Crippen LogP contribution >= 0.6 is 0 Å². The molecule has 35 heavy (non-hydrogen) atoms. The molecule has 1 saturated heterocycles. The largest absolute Gasteiger partial charge is 0.369 e. The number of ether oxygens (including phenoxy) is 1. The smallest absolute Gasteiger partial charge is 0.248 e. The molecule has 0 radical (unpaired) electrons. The van der Waals surface area contributed by atoms with E-state index in [0.29, 0.717) is 19.1 Å². The number of anilines is 3. The molecule has 8 nitrogen and oxygen atoms in total. The summed E-state index contributed by atoms with van der Waals surface area (Å²) >= 11 is 0. The van der Waals surface area contributed by atoms with Gasteiger partial charge in [0.25, 0.3) is 0 Å². The van der Waals surface area contributed by atoms with E-state index in [1.807, 2.05) is 61.5 Å². The van der Waals surface area contributed by atoms with Gasteiger partial charge in [0, 0.05) is 42.1 Å². The number of hydrogen-bond donors (Lipinski definition) is 3. The molecule has 1 amide bonds. The molecule has 0 bridgehead atoms. The quantitative estimate of drug-likeness (QED) is 0.357. The second-order valence-corrected chi connectivity index (χ2v) is 8.13. The number of benzene rings is 2. The molecule has 0 aliphatic carbocycles. The minimum atomic E-state index is -0.166. The first kappa shape index (κ1) is 22.6. The van der Waals surface area contributed by atoms with Crippen LogP contribution in [0.25, 0.3) is 22.0 Å². The van der Waals surface area contributed by atoms with Crippen LogP contribution in [0.1, 0.15) is 18.7 Å². The maximum Gasteiger partial charge on any atom is 0.248 e. The molecule has 1 atom stereocenters. The summed E-state index contributed by atoms with van der Waals surface area (Å²) in [4.78, 5) is 25.9. The molecule has 3 heterocycles. The Kier molecular flexibility index (Phi) is 6.74. The number of allylic oxidation sites excluding steroid dienone is 1. The summed E-state index contributed by atoms with van der Waals surface area (Å²) in [7, 11) is 0. The number of fused-ring (bicyclic) bond motifs is 1. The predicted octanol–water partition coefficient (Wildman–Crippen LogP) is 4.61. The first-order chi connectivity index (χ1) is 17.2. The Morgan fingerprint density at radius 3 is 2.91 bits per heavy atom. The summed E-state index contributed by atoms with van der Waals surface area (Å²) in [5.74, 6) is 0.307. The number of hydrogen-bond acceptors (Lipinski definition) is 7. The van der Waals surface area contributed by atoms with Crippen LogP contribution in [0.15, 0.2) is 79.1 Å². The lowest BCUT2D eigenvalue weighted by Crippen LogP contribution is -2.34. The molecule has 1 aliphatic rings. The summed E-state index contributed by atoms with van der Waals surface area (Å²) < 4.78 is 5.90. The van der Waals surface area contributed by atoms with E-state index < -0.39 is 0 Å². The highest BCUT2D eigenvalue weighted by Gasteiger charge is 2.20. The molecule has 8 heteroatoms. The van der Waals surface area contributed by atoms with Gasteiger partial charge < -0.3 is 20.7 Å². The van der Waals surface area contributed by atoms with E-state index in [1.54, 1.807) is 18.5 Å². The number of aromatic nitrogens is 3. The molecule has 1 unspecified atom stereocenters. The lowest BCUT2D eigenvalue weighted by molar-refractivity contribution is -0.111. The van der Waals surface area contributed by atoms with Crippen LogP contribution < -0.4 is 16.0 Å². The minimum Gasteiger partial charge on any atom is -0.369 e. The molecule has 1 aliphatic heterocycles. The van der Waals surface area contributed by atoms with E-state index >= 15 is 0 Å². The summed E-state index contributed by atoms with van der Waals surface area (Å²) in [5.41, 5.74) is 5.05. The van der Waals surface area contributed by atoms with Crippen LogP contribution in [0, 0.1) is 0 Å². The maximum atomic E-state index is 12.0. The van der Waals surface area contributed by atoms with Crippen LogP contribution in [0.5, 0.6) is 0 Å². The van der Waals surface area contributed by atoms with Gasteiger partial charge in [-0.25, -0.2) is 9.97 Å². The average molecular weight is 467 g/mol. The number of para-hydroxylation sites is 1. The van der Waals surface area contributed by atoms with Crippen molar-refractivity contribution in [3.63, 3.8) is 0 Å². The third kappa shape index (κ3) is 5.18. The van der Waals surface area contributed by atoms with Gasteiger partial charge in [0.15, 0.2) is 0 Å². The SMILES string of the molecule is C/C=C\C(=O)Nc1cccc(-c2cccc3cnc(Nc4cccnc4C4CNCCO4)nc23)c1. The second kappa shape index (κ2) is 10.4. The van der Waals surface area contributed by atoms with Gasteiger partial charge in [0.1, 0.15) is 6.10 Å². The molecule has 1 fully saturated rings. The Balaban J connectivity index is 1.48. The zero-order valence-corrected chi connectivity index (χ0v) is 19.4. The lowest BCUT2D eigenvalue weighted by atomic mass is 10.0. The third-order valence-corrected chi connectivity index (χ3v) is 5.69. The van der Waals surface area contributed by atoms with Crippen LogP contribution in [0.4, 0.5) is 17.3 Å². The number of amides is 1. The molecule has 0 spiro atoms. The molecular formula is C27H26N6O2. The Bertz CT molecular complexity index is 1380.